The minimum Gasteiger partial charge on any atom is -0.485 e. The smallest absolute Gasteiger partial charge is 0.235 e. The lowest BCUT2D eigenvalue weighted by molar-refractivity contribution is -0.125. The predicted molar refractivity (Wildman–Crippen MR) is 114 cm³/mol. The number of amides is 1. The fourth-order valence-electron chi connectivity index (χ4n) is 4.01. The molecule has 1 saturated carbocycles. The van der Waals surface area contributed by atoms with Crippen molar-refractivity contribution in [3.05, 3.63) is 71.6 Å². The van der Waals surface area contributed by atoms with Gasteiger partial charge in [-0.05, 0) is 67.6 Å². The van der Waals surface area contributed by atoms with Crippen LogP contribution in [-0.4, -0.2) is 29.3 Å². The zero-order chi connectivity index (χ0) is 22.0. The lowest BCUT2D eigenvalue weighted by Crippen LogP contribution is -2.44. The standard InChI is InChI=1S/C24H24FN3O4/c25-18-3-1-2-17(14-18)24(10-12-30-13-11-24)23(29)26-19-6-8-20(9-7-19)31-15-21-27-22(32-28-21)16-4-5-16/h1-3,6-9,14,16H,4-5,10-13,15H2,(H,26,29). The monoisotopic (exact) mass is 437 g/mol. The number of hydrogen-bond acceptors (Lipinski definition) is 6. The third-order valence-electron chi connectivity index (χ3n) is 6.05. The summed E-state index contributed by atoms with van der Waals surface area (Å²) in [5.74, 6) is 1.72. The number of hydrogen-bond donors (Lipinski definition) is 1. The normalized spacial score (nSPS) is 17.7. The van der Waals surface area contributed by atoms with Gasteiger partial charge in [0.15, 0.2) is 6.61 Å². The number of nitrogens with one attached hydrogen (secondary N) is 1. The van der Waals surface area contributed by atoms with Crippen LogP contribution in [0, 0.1) is 5.82 Å². The van der Waals surface area contributed by atoms with Gasteiger partial charge in [0.1, 0.15) is 11.6 Å². The second-order valence-electron chi connectivity index (χ2n) is 8.30. The summed E-state index contributed by atoms with van der Waals surface area (Å²) in [6.45, 7) is 1.12. The summed E-state index contributed by atoms with van der Waals surface area (Å²) < 4.78 is 30.3. The minimum absolute atomic E-state index is 0.167. The molecule has 1 aliphatic heterocycles. The number of anilines is 1. The van der Waals surface area contributed by atoms with Crippen LogP contribution in [0.2, 0.25) is 0 Å². The van der Waals surface area contributed by atoms with E-state index in [0.29, 0.717) is 60.7 Å². The van der Waals surface area contributed by atoms with Gasteiger partial charge >= 0.3 is 0 Å². The minimum atomic E-state index is -0.826. The fourth-order valence-corrected chi connectivity index (χ4v) is 4.01. The van der Waals surface area contributed by atoms with Crippen LogP contribution in [0.1, 0.15) is 48.9 Å². The van der Waals surface area contributed by atoms with Crippen LogP contribution in [0.5, 0.6) is 5.75 Å². The first kappa shape index (κ1) is 20.6. The van der Waals surface area contributed by atoms with Crippen LogP contribution in [0.4, 0.5) is 10.1 Å². The molecule has 1 aromatic heterocycles. The molecule has 2 fully saturated rings. The molecule has 1 N–H and O–H groups in total. The molecule has 166 valence electrons. The Bertz CT molecular complexity index is 1090. The van der Waals surface area contributed by atoms with Gasteiger partial charge in [0.05, 0.1) is 5.41 Å². The highest BCUT2D eigenvalue weighted by Crippen LogP contribution is 2.39. The summed E-state index contributed by atoms with van der Waals surface area (Å²) in [5.41, 5.74) is 0.483. The SMILES string of the molecule is O=C(Nc1ccc(OCc2noc(C3CC3)n2)cc1)C1(c2cccc(F)c2)CCOCC1. The summed E-state index contributed by atoms with van der Waals surface area (Å²) in [6, 6.07) is 13.4. The molecule has 7 nitrogen and oxygen atoms in total. The van der Waals surface area contributed by atoms with Crippen LogP contribution >= 0.6 is 0 Å². The average Bonchev–Trinajstić information content (AvgIpc) is 3.57. The second kappa shape index (κ2) is 8.70. The Kier molecular flexibility index (Phi) is 5.61. The molecule has 0 atom stereocenters. The third kappa shape index (κ3) is 4.36. The molecular formula is C24H24FN3O4. The van der Waals surface area contributed by atoms with Crippen LogP contribution in [0.25, 0.3) is 0 Å². The molecule has 0 bridgehead atoms. The Morgan fingerprint density at radius 2 is 1.94 bits per heavy atom. The zero-order valence-corrected chi connectivity index (χ0v) is 17.6. The summed E-state index contributed by atoms with van der Waals surface area (Å²) in [7, 11) is 0. The number of carbonyl (C=O) groups excluding carboxylic acids is 1. The van der Waals surface area contributed by atoms with Gasteiger partial charge in [-0.25, -0.2) is 4.39 Å². The molecule has 1 saturated heterocycles. The Hall–Kier alpha value is -3.26. The van der Waals surface area contributed by atoms with Gasteiger partial charge in [0.25, 0.3) is 0 Å². The molecule has 1 amide bonds. The molecule has 5 rings (SSSR count). The number of ether oxygens (including phenoxy) is 2. The molecule has 8 heteroatoms. The van der Waals surface area contributed by atoms with Crippen molar-refractivity contribution in [3.63, 3.8) is 0 Å². The molecule has 0 radical (unpaired) electrons. The summed E-state index contributed by atoms with van der Waals surface area (Å²) in [4.78, 5) is 17.7. The molecule has 0 spiro atoms. The van der Waals surface area contributed by atoms with Crippen molar-refractivity contribution in [3.8, 4) is 5.75 Å². The van der Waals surface area contributed by atoms with Crippen LogP contribution in [0.3, 0.4) is 0 Å². The average molecular weight is 437 g/mol. The van der Waals surface area contributed by atoms with E-state index in [9.17, 15) is 9.18 Å². The predicted octanol–water partition coefficient (Wildman–Crippen LogP) is 4.35. The fraction of sp³-hybridized carbons (Fsp3) is 0.375. The Morgan fingerprint density at radius 3 is 2.66 bits per heavy atom. The first-order valence-electron chi connectivity index (χ1n) is 10.8. The quantitative estimate of drug-likeness (QED) is 0.591. The van der Waals surface area contributed by atoms with Gasteiger partial charge in [-0.3, -0.25) is 4.79 Å². The zero-order valence-electron chi connectivity index (χ0n) is 17.6. The maximum atomic E-state index is 13.9. The van der Waals surface area contributed by atoms with E-state index in [1.807, 2.05) is 0 Å². The lowest BCUT2D eigenvalue weighted by atomic mass is 9.73. The van der Waals surface area contributed by atoms with E-state index in [-0.39, 0.29) is 18.3 Å². The highest BCUT2D eigenvalue weighted by molar-refractivity contribution is 5.99. The molecule has 2 aromatic carbocycles. The van der Waals surface area contributed by atoms with E-state index in [1.54, 1.807) is 36.4 Å². The first-order chi connectivity index (χ1) is 15.6. The Labute approximate surface area is 184 Å². The number of halogens is 1. The van der Waals surface area contributed by atoms with Gasteiger partial charge in [0.2, 0.25) is 17.6 Å². The van der Waals surface area contributed by atoms with Crippen molar-refractivity contribution in [1.82, 2.24) is 10.1 Å². The molecule has 0 unspecified atom stereocenters. The molecule has 1 aliphatic carbocycles. The van der Waals surface area contributed by atoms with E-state index in [1.165, 1.54) is 12.1 Å². The largest absolute Gasteiger partial charge is 0.485 e. The second-order valence-corrected chi connectivity index (χ2v) is 8.30. The summed E-state index contributed by atoms with van der Waals surface area (Å²) in [6.07, 6.45) is 3.19. The van der Waals surface area contributed by atoms with E-state index < -0.39 is 5.41 Å². The van der Waals surface area contributed by atoms with Crippen molar-refractivity contribution in [2.75, 3.05) is 18.5 Å². The molecule has 3 aromatic rings. The Morgan fingerprint density at radius 1 is 1.16 bits per heavy atom. The van der Waals surface area contributed by atoms with Gasteiger partial charge < -0.3 is 19.3 Å². The maximum absolute atomic E-state index is 13.9. The van der Waals surface area contributed by atoms with Crippen molar-refractivity contribution in [2.24, 2.45) is 0 Å². The Balaban J connectivity index is 1.24. The van der Waals surface area contributed by atoms with Crippen molar-refractivity contribution in [1.29, 1.82) is 0 Å². The van der Waals surface area contributed by atoms with Crippen LogP contribution in [0.15, 0.2) is 53.1 Å². The van der Waals surface area contributed by atoms with Gasteiger partial charge in [-0.1, -0.05) is 17.3 Å². The number of rotatable bonds is 7. The van der Waals surface area contributed by atoms with Gasteiger partial charge in [-0.2, -0.15) is 4.98 Å². The van der Waals surface area contributed by atoms with Crippen molar-refractivity contribution in [2.45, 2.75) is 43.6 Å². The topological polar surface area (TPSA) is 86.5 Å². The number of benzene rings is 2. The summed E-state index contributed by atoms with van der Waals surface area (Å²) >= 11 is 0. The first-order valence-corrected chi connectivity index (χ1v) is 10.8. The van der Waals surface area contributed by atoms with E-state index in [0.717, 1.165) is 12.8 Å². The number of nitrogens with zero attached hydrogens (tertiary/aromatic N) is 2. The highest BCUT2D eigenvalue weighted by Gasteiger charge is 2.42. The summed E-state index contributed by atoms with van der Waals surface area (Å²) in [5, 5.41) is 6.92. The van der Waals surface area contributed by atoms with Crippen LogP contribution in [-0.2, 0) is 21.6 Å². The van der Waals surface area contributed by atoms with Gasteiger partial charge in [-0.15, -0.1) is 0 Å². The van der Waals surface area contributed by atoms with E-state index in [2.05, 4.69) is 15.5 Å². The third-order valence-corrected chi connectivity index (χ3v) is 6.05. The van der Waals surface area contributed by atoms with Gasteiger partial charge in [0, 0.05) is 24.8 Å². The highest BCUT2D eigenvalue weighted by atomic mass is 19.1. The van der Waals surface area contributed by atoms with E-state index >= 15 is 0 Å². The van der Waals surface area contributed by atoms with Crippen molar-refractivity contribution >= 4 is 11.6 Å². The van der Waals surface area contributed by atoms with Crippen LogP contribution < -0.4 is 10.1 Å². The van der Waals surface area contributed by atoms with Crippen molar-refractivity contribution < 1.29 is 23.2 Å². The molecule has 2 aliphatic rings. The lowest BCUT2D eigenvalue weighted by Gasteiger charge is -2.36. The molecule has 32 heavy (non-hydrogen) atoms. The molecular weight excluding hydrogens is 413 g/mol. The van der Waals surface area contributed by atoms with E-state index in [4.69, 9.17) is 14.0 Å². The molecule has 2 heterocycles. The maximum Gasteiger partial charge on any atom is 0.235 e. The number of carbonyl (C=O) groups is 1. The number of aromatic nitrogens is 2.